The highest BCUT2D eigenvalue weighted by molar-refractivity contribution is 14.1. The number of halogens is 1. The highest BCUT2D eigenvalue weighted by Crippen LogP contribution is 2.19. The molecule has 1 aliphatic rings. The number of urea groups is 1. The van der Waals surface area contributed by atoms with Gasteiger partial charge in [-0.15, -0.1) is 0 Å². The van der Waals surface area contributed by atoms with Crippen molar-refractivity contribution in [1.82, 2.24) is 9.80 Å². The number of carbonyl (C=O) groups is 1. The minimum atomic E-state index is -0.00721. The third-order valence-electron chi connectivity index (χ3n) is 3.00. The lowest BCUT2D eigenvalue weighted by Gasteiger charge is -2.42. The first-order valence-corrected chi connectivity index (χ1v) is 6.62. The van der Waals surface area contributed by atoms with Crippen molar-refractivity contribution in [2.24, 2.45) is 0 Å². The van der Waals surface area contributed by atoms with E-state index in [0.717, 1.165) is 22.3 Å². The Morgan fingerprint density at radius 1 is 1.41 bits per heavy atom. The van der Waals surface area contributed by atoms with Crippen LogP contribution in [0.2, 0.25) is 0 Å². The highest BCUT2D eigenvalue weighted by atomic mass is 127. The Morgan fingerprint density at radius 3 is 2.65 bits per heavy atom. The van der Waals surface area contributed by atoms with Crippen LogP contribution in [-0.4, -0.2) is 49.1 Å². The number of hydrogen-bond donors (Lipinski definition) is 1. The molecule has 0 bridgehead atoms. The van der Waals surface area contributed by atoms with Crippen molar-refractivity contribution in [3.63, 3.8) is 0 Å². The van der Waals surface area contributed by atoms with Crippen LogP contribution in [-0.2, 0) is 0 Å². The summed E-state index contributed by atoms with van der Waals surface area (Å²) in [6.45, 7) is 1.62. The number of hydrogen-bond acceptors (Lipinski definition) is 2. The van der Waals surface area contributed by atoms with Crippen molar-refractivity contribution >= 4 is 34.3 Å². The second-order valence-corrected chi connectivity index (χ2v) is 5.59. The van der Waals surface area contributed by atoms with E-state index in [-0.39, 0.29) is 6.03 Å². The summed E-state index contributed by atoms with van der Waals surface area (Å²) < 4.78 is 1.06. The molecule has 1 fully saturated rings. The third kappa shape index (κ3) is 2.90. The number of likely N-dealkylation sites (N-methyl/N-ethyl adjacent to an activating group) is 1. The first-order valence-electron chi connectivity index (χ1n) is 5.55. The van der Waals surface area contributed by atoms with Crippen LogP contribution < -0.4 is 5.32 Å². The summed E-state index contributed by atoms with van der Waals surface area (Å²) in [5.74, 6) is 0. The van der Waals surface area contributed by atoms with Crippen LogP contribution in [0.15, 0.2) is 24.3 Å². The van der Waals surface area contributed by atoms with Gasteiger partial charge in [-0.2, -0.15) is 0 Å². The minimum absolute atomic E-state index is 0.00721. The largest absolute Gasteiger partial charge is 0.321 e. The molecule has 0 unspecified atom stereocenters. The normalized spacial score (nSPS) is 15.9. The van der Waals surface area contributed by atoms with Gasteiger partial charge in [0.15, 0.2) is 0 Å². The van der Waals surface area contributed by atoms with Gasteiger partial charge in [-0.05, 0) is 48.8 Å². The Hall–Kier alpha value is -0.820. The van der Waals surface area contributed by atoms with Gasteiger partial charge in [0.05, 0.1) is 5.69 Å². The molecular weight excluding hydrogens is 329 g/mol. The number of amides is 2. The van der Waals surface area contributed by atoms with E-state index >= 15 is 0 Å². The standard InChI is InChI=1S/C12H16IN3O/c1-15(2)9-7-16(8-9)12(17)14-11-6-4-3-5-10(11)13/h3-6,9H,7-8H2,1-2H3,(H,14,17). The highest BCUT2D eigenvalue weighted by Gasteiger charge is 2.31. The van der Waals surface area contributed by atoms with Crippen LogP contribution in [0, 0.1) is 3.57 Å². The maximum absolute atomic E-state index is 11.9. The van der Waals surface area contributed by atoms with E-state index in [9.17, 15) is 4.79 Å². The zero-order valence-corrected chi connectivity index (χ0v) is 12.1. The van der Waals surface area contributed by atoms with E-state index in [1.807, 2.05) is 43.3 Å². The van der Waals surface area contributed by atoms with Crippen molar-refractivity contribution < 1.29 is 4.79 Å². The van der Waals surface area contributed by atoms with Crippen molar-refractivity contribution in [1.29, 1.82) is 0 Å². The van der Waals surface area contributed by atoms with Gasteiger partial charge in [-0.1, -0.05) is 12.1 Å². The fourth-order valence-corrected chi connectivity index (χ4v) is 2.23. The summed E-state index contributed by atoms with van der Waals surface area (Å²) >= 11 is 2.22. The Labute approximate surface area is 115 Å². The molecule has 1 aromatic carbocycles. The second-order valence-electron chi connectivity index (χ2n) is 4.43. The lowest BCUT2D eigenvalue weighted by Crippen LogP contribution is -2.60. The van der Waals surface area contributed by atoms with Crippen LogP contribution in [0.25, 0.3) is 0 Å². The van der Waals surface area contributed by atoms with Gasteiger partial charge in [0.25, 0.3) is 0 Å². The lowest BCUT2D eigenvalue weighted by atomic mass is 10.1. The number of para-hydroxylation sites is 1. The van der Waals surface area contributed by atoms with Crippen LogP contribution in [0.4, 0.5) is 10.5 Å². The van der Waals surface area contributed by atoms with Crippen molar-refractivity contribution in [2.45, 2.75) is 6.04 Å². The molecule has 5 heteroatoms. The zero-order valence-electron chi connectivity index (χ0n) is 9.98. The molecule has 0 aliphatic carbocycles. The van der Waals surface area contributed by atoms with E-state index in [0.29, 0.717) is 6.04 Å². The van der Waals surface area contributed by atoms with Gasteiger partial charge in [-0.25, -0.2) is 4.79 Å². The van der Waals surface area contributed by atoms with Crippen molar-refractivity contribution in [3.05, 3.63) is 27.8 Å². The van der Waals surface area contributed by atoms with Gasteiger partial charge >= 0.3 is 6.03 Å². The molecule has 0 radical (unpaired) electrons. The number of rotatable bonds is 2. The van der Waals surface area contributed by atoms with Crippen LogP contribution in [0.5, 0.6) is 0 Å². The summed E-state index contributed by atoms with van der Waals surface area (Å²) in [5, 5.41) is 2.93. The molecule has 2 rings (SSSR count). The molecule has 1 saturated heterocycles. The predicted octanol–water partition coefficient (Wildman–Crippen LogP) is 2.07. The summed E-state index contributed by atoms with van der Waals surface area (Å²) in [6.07, 6.45) is 0. The van der Waals surface area contributed by atoms with Crippen LogP contribution >= 0.6 is 22.6 Å². The first kappa shape index (κ1) is 12.6. The molecule has 0 saturated carbocycles. The first-order chi connectivity index (χ1) is 8.08. The van der Waals surface area contributed by atoms with E-state index < -0.39 is 0 Å². The summed E-state index contributed by atoms with van der Waals surface area (Å²) in [7, 11) is 4.08. The molecule has 1 N–H and O–H groups in total. The molecular formula is C12H16IN3O. The summed E-state index contributed by atoms with van der Waals surface area (Å²) in [6, 6.07) is 8.28. The molecule has 0 spiro atoms. The molecule has 1 aliphatic heterocycles. The van der Waals surface area contributed by atoms with Gasteiger partial charge in [0.1, 0.15) is 0 Å². The van der Waals surface area contributed by atoms with E-state index in [1.165, 1.54) is 0 Å². The number of benzene rings is 1. The van der Waals surface area contributed by atoms with Gasteiger partial charge in [0, 0.05) is 22.7 Å². The average Bonchev–Trinajstić information content (AvgIpc) is 2.18. The molecule has 2 amide bonds. The molecule has 1 heterocycles. The molecule has 17 heavy (non-hydrogen) atoms. The van der Waals surface area contributed by atoms with E-state index in [2.05, 4.69) is 32.8 Å². The smallest absolute Gasteiger partial charge is 0.321 e. The Balaban J connectivity index is 1.89. The van der Waals surface area contributed by atoms with Gasteiger partial charge in [-0.3, -0.25) is 0 Å². The predicted molar refractivity (Wildman–Crippen MR) is 77.2 cm³/mol. The second kappa shape index (κ2) is 5.22. The fourth-order valence-electron chi connectivity index (χ4n) is 1.70. The Morgan fingerprint density at radius 2 is 2.06 bits per heavy atom. The third-order valence-corrected chi connectivity index (χ3v) is 3.94. The number of nitrogens with one attached hydrogen (secondary N) is 1. The van der Waals surface area contributed by atoms with Crippen molar-refractivity contribution in [3.8, 4) is 0 Å². The van der Waals surface area contributed by atoms with Crippen LogP contribution in [0.3, 0.4) is 0 Å². The SMILES string of the molecule is CN(C)C1CN(C(=O)Nc2ccccc2I)C1. The van der Waals surface area contributed by atoms with Gasteiger partial charge < -0.3 is 15.1 Å². The Kier molecular flexibility index (Phi) is 3.88. The topological polar surface area (TPSA) is 35.6 Å². The Bertz CT molecular complexity index is 416. The van der Waals surface area contributed by atoms with Crippen LogP contribution in [0.1, 0.15) is 0 Å². The number of carbonyl (C=O) groups excluding carboxylic acids is 1. The fraction of sp³-hybridized carbons (Fsp3) is 0.417. The number of nitrogens with zero attached hydrogens (tertiary/aromatic N) is 2. The minimum Gasteiger partial charge on any atom is -0.321 e. The molecule has 4 nitrogen and oxygen atoms in total. The zero-order chi connectivity index (χ0) is 12.4. The molecule has 92 valence electrons. The number of anilines is 1. The number of likely N-dealkylation sites (tertiary alicyclic amines) is 1. The monoisotopic (exact) mass is 345 g/mol. The summed E-state index contributed by atoms with van der Waals surface area (Å²) in [4.78, 5) is 15.9. The molecule has 0 atom stereocenters. The quantitative estimate of drug-likeness (QED) is 0.833. The maximum atomic E-state index is 11.9. The van der Waals surface area contributed by atoms with Crippen molar-refractivity contribution in [2.75, 3.05) is 32.5 Å². The lowest BCUT2D eigenvalue weighted by molar-refractivity contribution is 0.0942. The molecule has 0 aromatic heterocycles. The average molecular weight is 345 g/mol. The van der Waals surface area contributed by atoms with E-state index in [4.69, 9.17) is 0 Å². The summed E-state index contributed by atoms with van der Waals surface area (Å²) in [5.41, 5.74) is 0.881. The molecule has 1 aromatic rings. The van der Waals surface area contributed by atoms with Gasteiger partial charge in [0.2, 0.25) is 0 Å². The maximum Gasteiger partial charge on any atom is 0.321 e. The van der Waals surface area contributed by atoms with E-state index in [1.54, 1.807) is 0 Å².